The zero-order valence-electron chi connectivity index (χ0n) is 8.53. The van der Waals surface area contributed by atoms with Crippen LogP contribution in [-0.2, 0) is 4.79 Å². The third-order valence-electron chi connectivity index (χ3n) is 1.57. The van der Waals surface area contributed by atoms with Crippen LogP contribution in [0.15, 0.2) is 29.2 Å². The molecule has 0 fully saturated rings. The number of nitrogens with one attached hydrogen (secondary N) is 2. The lowest BCUT2D eigenvalue weighted by Crippen LogP contribution is -2.34. The maximum absolute atomic E-state index is 11.0. The zero-order valence-corrected chi connectivity index (χ0v) is 9.35. The molecule has 0 aliphatic heterocycles. The quantitative estimate of drug-likeness (QED) is 0.754. The van der Waals surface area contributed by atoms with Crippen LogP contribution < -0.4 is 10.0 Å². The number of hydrogen-bond acceptors (Lipinski definition) is 3. The number of benzene rings is 1. The number of hydrogen-bond donors (Lipinski definition) is 2. The molecule has 15 heavy (non-hydrogen) atoms. The van der Waals surface area contributed by atoms with E-state index in [0.29, 0.717) is 0 Å². The highest BCUT2D eigenvalue weighted by Gasteiger charge is 2.02. The third kappa shape index (κ3) is 4.51. The lowest BCUT2D eigenvalue weighted by Gasteiger charge is -2.03. The average Bonchev–Trinajstić information content (AvgIpc) is 2.16. The van der Waals surface area contributed by atoms with Crippen molar-refractivity contribution in [2.45, 2.75) is 18.7 Å². The fraction of sp³-hybridized carbons (Fsp3) is 0.200. The van der Waals surface area contributed by atoms with E-state index < -0.39 is 6.03 Å². The molecule has 0 aliphatic carbocycles. The largest absolute Gasteiger partial charge is 0.331 e. The normalized spacial score (nSPS) is 9.47. The smallest absolute Gasteiger partial charge is 0.278 e. The Morgan fingerprint density at radius 2 is 1.80 bits per heavy atom. The van der Waals surface area contributed by atoms with Crippen LogP contribution in [0.1, 0.15) is 12.5 Å². The first-order valence-electron chi connectivity index (χ1n) is 4.39. The molecular weight excluding hydrogens is 212 g/mol. The monoisotopic (exact) mass is 224 g/mol. The first kappa shape index (κ1) is 11.6. The van der Waals surface area contributed by atoms with Gasteiger partial charge >= 0.3 is 6.03 Å². The van der Waals surface area contributed by atoms with E-state index in [1.807, 2.05) is 31.2 Å². The van der Waals surface area contributed by atoms with Crippen LogP contribution in [0.5, 0.6) is 0 Å². The summed E-state index contributed by atoms with van der Waals surface area (Å²) < 4.78 is 2.50. The predicted octanol–water partition coefficient (Wildman–Crippen LogP) is 1.85. The van der Waals surface area contributed by atoms with Gasteiger partial charge in [0.25, 0.3) is 0 Å². The minimum absolute atomic E-state index is 0.378. The summed E-state index contributed by atoms with van der Waals surface area (Å²) in [7, 11) is 0. The molecule has 3 amide bonds. The molecule has 0 radical (unpaired) electrons. The van der Waals surface area contributed by atoms with Crippen LogP contribution in [-0.4, -0.2) is 11.9 Å². The minimum atomic E-state index is -0.506. The second-order valence-corrected chi connectivity index (χ2v) is 3.91. The number of amides is 3. The molecule has 0 aromatic heterocycles. The highest BCUT2D eigenvalue weighted by molar-refractivity contribution is 7.98. The second-order valence-electron chi connectivity index (χ2n) is 3.03. The van der Waals surface area contributed by atoms with E-state index in [9.17, 15) is 9.59 Å². The van der Waals surface area contributed by atoms with E-state index in [2.05, 4.69) is 10.0 Å². The zero-order chi connectivity index (χ0) is 11.3. The molecule has 80 valence electrons. The number of carbonyl (C=O) groups is 2. The second kappa shape index (κ2) is 5.41. The van der Waals surface area contributed by atoms with Gasteiger partial charge in [0.05, 0.1) is 0 Å². The highest BCUT2D eigenvalue weighted by atomic mass is 32.2. The van der Waals surface area contributed by atoms with E-state index in [1.165, 1.54) is 6.92 Å². The summed E-state index contributed by atoms with van der Waals surface area (Å²) in [5.41, 5.74) is 1.16. The molecule has 2 N–H and O–H groups in total. The summed E-state index contributed by atoms with van der Waals surface area (Å²) in [5, 5.41) is 2.11. The number of aryl methyl sites for hydroxylation is 1. The molecule has 0 atom stereocenters. The van der Waals surface area contributed by atoms with Gasteiger partial charge in [0.1, 0.15) is 0 Å². The van der Waals surface area contributed by atoms with Crippen LogP contribution >= 0.6 is 11.9 Å². The Hall–Kier alpha value is -1.49. The fourth-order valence-corrected chi connectivity index (χ4v) is 1.43. The van der Waals surface area contributed by atoms with Gasteiger partial charge < -0.3 is 0 Å². The topological polar surface area (TPSA) is 58.2 Å². The molecule has 0 aliphatic rings. The Morgan fingerprint density at radius 1 is 1.20 bits per heavy atom. The molecule has 0 heterocycles. The Labute approximate surface area is 92.6 Å². The van der Waals surface area contributed by atoms with Gasteiger partial charge in [0.2, 0.25) is 5.91 Å². The predicted molar refractivity (Wildman–Crippen MR) is 59.4 cm³/mol. The van der Waals surface area contributed by atoms with Crippen molar-refractivity contribution in [3.05, 3.63) is 29.8 Å². The summed E-state index contributed by atoms with van der Waals surface area (Å²) in [5.74, 6) is -0.378. The Kier molecular flexibility index (Phi) is 4.17. The molecule has 4 nitrogen and oxygen atoms in total. The van der Waals surface area contributed by atoms with Crippen molar-refractivity contribution in [3.8, 4) is 0 Å². The van der Waals surface area contributed by atoms with Crippen LogP contribution in [0.4, 0.5) is 4.79 Å². The SMILES string of the molecule is CC(=O)NC(=O)NSc1ccc(C)cc1. The first-order chi connectivity index (χ1) is 7.08. The van der Waals surface area contributed by atoms with Crippen LogP contribution in [0.3, 0.4) is 0 Å². The van der Waals surface area contributed by atoms with Crippen molar-refractivity contribution in [1.82, 2.24) is 10.0 Å². The Balaban J connectivity index is 2.40. The Bertz CT molecular complexity index is 362. The van der Waals surface area contributed by atoms with E-state index in [-0.39, 0.29) is 5.91 Å². The number of imide groups is 1. The molecule has 5 heteroatoms. The molecule has 0 unspecified atom stereocenters. The molecule has 0 saturated carbocycles. The fourth-order valence-electron chi connectivity index (χ4n) is 0.897. The van der Waals surface area contributed by atoms with Crippen molar-refractivity contribution in [3.63, 3.8) is 0 Å². The summed E-state index contributed by atoms with van der Waals surface area (Å²) in [6.45, 7) is 3.28. The van der Waals surface area contributed by atoms with Crippen molar-refractivity contribution in [2.24, 2.45) is 0 Å². The van der Waals surface area contributed by atoms with Crippen LogP contribution in [0, 0.1) is 6.92 Å². The molecule has 0 spiro atoms. The number of urea groups is 1. The number of rotatable bonds is 2. The number of carbonyl (C=O) groups excluding carboxylic acids is 2. The first-order valence-corrected chi connectivity index (χ1v) is 5.20. The third-order valence-corrected chi connectivity index (χ3v) is 2.37. The molecular formula is C10H12N2O2S. The summed E-state index contributed by atoms with van der Waals surface area (Å²) in [6.07, 6.45) is 0. The van der Waals surface area contributed by atoms with Crippen LogP contribution in [0.2, 0.25) is 0 Å². The van der Waals surface area contributed by atoms with Crippen molar-refractivity contribution >= 4 is 23.9 Å². The van der Waals surface area contributed by atoms with Crippen LogP contribution in [0.25, 0.3) is 0 Å². The standard InChI is InChI=1S/C10H12N2O2S/c1-7-3-5-9(6-4-7)15-12-10(14)11-8(2)13/h3-6H,1-2H3,(H2,11,12,13,14). The molecule has 0 saturated heterocycles. The summed E-state index contributed by atoms with van der Waals surface area (Å²) in [4.78, 5) is 22.5. The Morgan fingerprint density at radius 3 is 2.33 bits per heavy atom. The van der Waals surface area contributed by atoms with Crippen molar-refractivity contribution in [2.75, 3.05) is 0 Å². The average molecular weight is 224 g/mol. The molecule has 1 aromatic rings. The molecule has 1 rings (SSSR count). The van der Waals surface area contributed by atoms with Gasteiger partial charge in [-0.25, -0.2) is 4.79 Å². The van der Waals surface area contributed by atoms with Crippen molar-refractivity contribution < 1.29 is 9.59 Å². The van der Waals surface area contributed by atoms with E-state index in [4.69, 9.17) is 0 Å². The highest BCUT2D eigenvalue weighted by Crippen LogP contribution is 2.14. The van der Waals surface area contributed by atoms with E-state index in [0.717, 1.165) is 22.4 Å². The van der Waals surface area contributed by atoms with Gasteiger partial charge in [-0.1, -0.05) is 17.7 Å². The molecule has 0 bridgehead atoms. The van der Waals surface area contributed by atoms with Gasteiger partial charge in [-0.3, -0.25) is 14.8 Å². The van der Waals surface area contributed by atoms with Gasteiger partial charge in [0, 0.05) is 11.8 Å². The van der Waals surface area contributed by atoms with Gasteiger partial charge in [-0.2, -0.15) is 0 Å². The lowest BCUT2D eigenvalue weighted by molar-refractivity contribution is -0.117. The summed E-state index contributed by atoms with van der Waals surface area (Å²) in [6, 6.07) is 7.19. The lowest BCUT2D eigenvalue weighted by atomic mass is 10.2. The van der Waals surface area contributed by atoms with Gasteiger partial charge in [-0.15, -0.1) is 0 Å². The van der Waals surface area contributed by atoms with E-state index >= 15 is 0 Å². The van der Waals surface area contributed by atoms with Crippen molar-refractivity contribution in [1.29, 1.82) is 0 Å². The van der Waals surface area contributed by atoms with Gasteiger partial charge in [0.15, 0.2) is 0 Å². The maximum Gasteiger partial charge on any atom is 0.331 e. The summed E-state index contributed by atoms with van der Waals surface area (Å²) >= 11 is 1.16. The minimum Gasteiger partial charge on any atom is -0.278 e. The van der Waals surface area contributed by atoms with Gasteiger partial charge in [-0.05, 0) is 31.0 Å². The van der Waals surface area contributed by atoms with E-state index in [1.54, 1.807) is 0 Å². The molecule has 1 aromatic carbocycles. The maximum atomic E-state index is 11.0.